The molecular formula is C12H25BrNa. The Morgan fingerprint density at radius 2 is 1.00 bits per heavy atom. The van der Waals surface area contributed by atoms with Gasteiger partial charge in [-0.3, -0.25) is 0 Å². The van der Waals surface area contributed by atoms with Gasteiger partial charge in [0.05, 0.1) is 0 Å². The first-order chi connectivity index (χ1) is 6.41. The summed E-state index contributed by atoms with van der Waals surface area (Å²) < 4.78 is 0. The van der Waals surface area contributed by atoms with Crippen LogP contribution in [-0.4, -0.2) is 34.9 Å². The molecule has 0 amide bonds. The first-order valence-corrected chi connectivity index (χ1v) is 7.10. The number of alkyl halides is 1. The third-order valence-corrected chi connectivity index (χ3v) is 3.05. The van der Waals surface area contributed by atoms with Crippen LogP contribution in [0.15, 0.2) is 0 Å². The zero-order valence-electron chi connectivity index (χ0n) is 10.2. The van der Waals surface area contributed by atoms with E-state index in [1.807, 2.05) is 0 Å². The Morgan fingerprint density at radius 1 is 0.643 bits per heavy atom. The fraction of sp³-hybridized carbons (Fsp3) is 1.00. The van der Waals surface area contributed by atoms with Crippen molar-refractivity contribution in [2.75, 3.05) is 5.33 Å². The first-order valence-electron chi connectivity index (χ1n) is 5.97. The van der Waals surface area contributed by atoms with Crippen molar-refractivity contribution in [2.45, 2.75) is 71.1 Å². The maximum atomic E-state index is 3.46. The van der Waals surface area contributed by atoms with Gasteiger partial charge < -0.3 is 0 Å². The zero-order valence-corrected chi connectivity index (χ0v) is 13.7. The molecule has 0 aromatic heterocycles. The van der Waals surface area contributed by atoms with Gasteiger partial charge in [0.25, 0.3) is 0 Å². The summed E-state index contributed by atoms with van der Waals surface area (Å²) in [6.45, 7) is 2.28. The summed E-state index contributed by atoms with van der Waals surface area (Å²) in [4.78, 5) is 0. The van der Waals surface area contributed by atoms with E-state index in [1.54, 1.807) is 0 Å². The largest absolute Gasteiger partial charge is 0.0928 e. The monoisotopic (exact) mass is 271 g/mol. The van der Waals surface area contributed by atoms with Crippen LogP contribution in [0.1, 0.15) is 71.1 Å². The average molecular weight is 272 g/mol. The van der Waals surface area contributed by atoms with Crippen LogP contribution < -0.4 is 0 Å². The Bertz CT molecular complexity index is 76.4. The molecule has 0 rings (SSSR count). The smallest absolute Gasteiger partial charge is 0.00313 e. The van der Waals surface area contributed by atoms with E-state index in [0.29, 0.717) is 0 Å². The van der Waals surface area contributed by atoms with E-state index in [-0.39, 0.29) is 29.6 Å². The number of hydrogen-bond donors (Lipinski definition) is 0. The molecule has 0 nitrogen and oxygen atoms in total. The Morgan fingerprint density at radius 3 is 1.36 bits per heavy atom. The van der Waals surface area contributed by atoms with Crippen molar-refractivity contribution in [3.05, 3.63) is 0 Å². The van der Waals surface area contributed by atoms with Gasteiger partial charge in [0.15, 0.2) is 0 Å². The summed E-state index contributed by atoms with van der Waals surface area (Å²) in [5.74, 6) is 0. The van der Waals surface area contributed by atoms with Gasteiger partial charge in [-0.05, 0) is 6.42 Å². The van der Waals surface area contributed by atoms with E-state index in [2.05, 4.69) is 22.9 Å². The molecule has 0 aliphatic carbocycles. The van der Waals surface area contributed by atoms with Crippen LogP contribution in [0.3, 0.4) is 0 Å². The molecule has 0 aromatic rings. The van der Waals surface area contributed by atoms with Crippen LogP contribution in [-0.2, 0) is 0 Å². The van der Waals surface area contributed by atoms with Crippen molar-refractivity contribution >= 4 is 45.5 Å². The summed E-state index contributed by atoms with van der Waals surface area (Å²) in [6.07, 6.45) is 14.3. The third-order valence-electron chi connectivity index (χ3n) is 2.49. The molecule has 0 unspecified atom stereocenters. The maximum Gasteiger partial charge on any atom is 0.00313 e. The van der Waals surface area contributed by atoms with Crippen molar-refractivity contribution in [1.82, 2.24) is 0 Å². The van der Waals surface area contributed by atoms with Gasteiger partial charge in [-0.1, -0.05) is 80.6 Å². The molecule has 0 saturated carbocycles. The Balaban J connectivity index is 0. The van der Waals surface area contributed by atoms with E-state index < -0.39 is 0 Å². The van der Waals surface area contributed by atoms with Crippen LogP contribution in [0.2, 0.25) is 0 Å². The summed E-state index contributed by atoms with van der Waals surface area (Å²) in [5, 5.41) is 1.18. The van der Waals surface area contributed by atoms with Crippen molar-refractivity contribution < 1.29 is 0 Å². The number of hydrogen-bond acceptors (Lipinski definition) is 0. The van der Waals surface area contributed by atoms with Crippen molar-refractivity contribution in [3.8, 4) is 0 Å². The normalized spacial score (nSPS) is 9.86. The van der Waals surface area contributed by atoms with Gasteiger partial charge in [-0.2, -0.15) is 0 Å². The van der Waals surface area contributed by atoms with Crippen LogP contribution in [0, 0.1) is 0 Å². The standard InChI is InChI=1S/C12H25Br.Na/c1-2-3-4-5-6-7-8-9-10-11-12-13;/h2-12H2,1H3;. The summed E-state index contributed by atoms with van der Waals surface area (Å²) in [6, 6.07) is 0. The van der Waals surface area contributed by atoms with Crippen LogP contribution >= 0.6 is 15.9 Å². The van der Waals surface area contributed by atoms with Gasteiger partial charge in [0.1, 0.15) is 0 Å². The second-order valence-corrected chi connectivity index (χ2v) is 4.66. The molecule has 0 saturated heterocycles. The fourth-order valence-electron chi connectivity index (χ4n) is 1.58. The molecule has 14 heavy (non-hydrogen) atoms. The summed E-state index contributed by atoms with van der Waals surface area (Å²) >= 11 is 3.46. The van der Waals surface area contributed by atoms with Crippen molar-refractivity contribution in [1.29, 1.82) is 0 Å². The molecular weight excluding hydrogens is 247 g/mol. The predicted octanol–water partition coefficient (Wildman–Crippen LogP) is 4.92. The molecule has 0 bridgehead atoms. The van der Waals surface area contributed by atoms with E-state index >= 15 is 0 Å². The molecule has 0 heterocycles. The minimum absolute atomic E-state index is 0. The quantitative estimate of drug-likeness (QED) is 0.301. The maximum absolute atomic E-state index is 3.46. The second-order valence-electron chi connectivity index (χ2n) is 3.87. The van der Waals surface area contributed by atoms with Crippen LogP contribution in [0.5, 0.6) is 0 Å². The Labute approximate surface area is 121 Å². The van der Waals surface area contributed by atoms with Gasteiger partial charge in [0.2, 0.25) is 0 Å². The van der Waals surface area contributed by atoms with Crippen LogP contribution in [0.4, 0.5) is 0 Å². The number of rotatable bonds is 10. The molecule has 1 radical (unpaired) electrons. The molecule has 0 aliphatic rings. The molecule has 0 N–H and O–H groups in total. The fourth-order valence-corrected chi connectivity index (χ4v) is 1.98. The van der Waals surface area contributed by atoms with Crippen molar-refractivity contribution in [3.63, 3.8) is 0 Å². The Hall–Kier alpha value is 1.48. The predicted molar refractivity (Wildman–Crippen MR) is 71.4 cm³/mol. The number of halogens is 1. The molecule has 81 valence electrons. The van der Waals surface area contributed by atoms with E-state index in [0.717, 1.165) is 0 Å². The molecule has 0 spiro atoms. The van der Waals surface area contributed by atoms with E-state index in [4.69, 9.17) is 0 Å². The molecule has 0 aromatic carbocycles. The van der Waals surface area contributed by atoms with E-state index in [1.165, 1.54) is 69.5 Å². The molecule has 0 fully saturated rings. The van der Waals surface area contributed by atoms with Crippen LogP contribution in [0.25, 0.3) is 0 Å². The number of unbranched alkanes of at least 4 members (excludes halogenated alkanes) is 9. The Kier molecular flexibility index (Phi) is 21.6. The summed E-state index contributed by atoms with van der Waals surface area (Å²) in [5.41, 5.74) is 0. The van der Waals surface area contributed by atoms with Gasteiger partial charge in [0, 0.05) is 34.9 Å². The molecule has 0 aliphatic heterocycles. The SMILES string of the molecule is CCCCCCCCCCCCBr.[Na]. The minimum Gasteiger partial charge on any atom is -0.0928 e. The zero-order chi connectivity index (χ0) is 9.78. The van der Waals surface area contributed by atoms with Crippen molar-refractivity contribution in [2.24, 2.45) is 0 Å². The second kappa shape index (κ2) is 16.9. The van der Waals surface area contributed by atoms with Gasteiger partial charge in [-0.25, -0.2) is 0 Å². The van der Waals surface area contributed by atoms with Gasteiger partial charge in [-0.15, -0.1) is 0 Å². The molecule has 0 atom stereocenters. The molecule has 2 heteroatoms. The summed E-state index contributed by atoms with van der Waals surface area (Å²) in [7, 11) is 0. The third kappa shape index (κ3) is 15.9. The topological polar surface area (TPSA) is 0 Å². The van der Waals surface area contributed by atoms with E-state index in [9.17, 15) is 0 Å². The minimum atomic E-state index is 0. The van der Waals surface area contributed by atoms with Gasteiger partial charge >= 0.3 is 0 Å². The average Bonchev–Trinajstić information content (AvgIpc) is 2.16. The first kappa shape index (κ1) is 17.9.